The number of amides is 1. The van der Waals surface area contributed by atoms with Gasteiger partial charge in [-0.15, -0.1) is 0 Å². The summed E-state index contributed by atoms with van der Waals surface area (Å²) < 4.78 is 30.1. The van der Waals surface area contributed by atoms with Crippen LogP contribution in [0.2, 0.25) is 0 Å². The second kappa shape index (κ2) is 8.42. The van der Waals surface area contributed by atoms with Gasteiger partial charge in [-0.25, -0.2) is 13.3 Å². The molecule has 3 heterocycles. The zero-order valence-electron chi connectivity index (χ0n) is 19.1. The van der Waals surface area contributed by atoms with E-state index < -0.39 is 15.7 Å². The molecule has 1 atom stereocenters. The SMILES string of the molecule is CCC(C)c1ccc(-n2c(C)cc(/C=C3/C(=N)N4C(=NC3=O)SN=C4S(C)(=O)=O)c2C)cc1. The summed E-state index contributed by atoms with van der Waals surface area (Å²) in [6, 6.07) is 10.4. The first-order chi connectivity index (χ1) is 15.5. The van der Waals surface area contributed by atoms with Crippen LogP contribution in [-0.4, -0.2) is 46.2 Å². The van der Waals surface area contributed by atoms with Gasteiger partial charge in [-0.1, -0.05) is 26.0 Å². The molecule has 4 rings (SSSR count). The van der Waals surface area contributed by atoms with Crippen LogP contribution in [0.4, 0.5) is 0 Å². The summed E-state index contributed by atoms with van der Waals surface area (Å²) in [5.41, 5.74) is 4.95. The van der Waals surface area contributed by atoms with Gasteiger partial charge in [-0.05, 0) is 61.6 Å². The molecule has 1 amide bonds. The number of hydrogen-bond donors (Lipinski definition) is 1. The quantitative estimate of drug-likeness (QED) is 0.517. The number of hydrogen-bond acceptors (Lipinski definition) is 6. The predicted molar refractivity (Wildman–Crippen MR) is 134 cm³/mol. The Morgan fingerprint density at radius 2 is 1.88 bits per heavy atom. The lowest BCUT2D eigenvalue weighted by molar-refractivity contribution is -0.114. The molecular weight excluding hydrogens is 458 g/mol. The van der Waals surface area contributed by atoms with E-state index in [-0.39, 0.29) is 21.7 Å². The van der Waals surface area contributed by atoms with E-state index in [0.717, 1.165) is 52.2 Å². The first-order valence-corrected chi connectivity index (χ1v) is 13.2. The van der Waals surface area contributed by atoms with Crippen molar-refractivity contribution in [1.82, 2.24) is 9.47 Å². The molecule has 0 radical (unpaired) electrons. The average Bonchev–Trinajstić information content (AvgIpc) is 3.31. The highest BCUT2D eigenvalue weighted by Crippen LogP contribution is 2.31. The van der Waals surface area contributed by atoms with Crippen LogP contribution in [0.3, 0.4) is 0 Å². The maximum atomic E-state index is 12.7. The number of nitrogens with zero attached hydrogens (tertiary/aromatic N) is 4. The van der Waals surface area contributed by atoms with Gasteiger partial charge < -0.3 is 4.57 Å². The molecule has 2 aliphatic rings. The average molecular weight is 484 g/mol. The van der Waals surface area contributed by atoms with E-state index in [1.165, 1.54) is 5.56 Å². The molecule has 1 aromatic heterocycles. The molecule has 2 aromatic rings. The topological polar surface area (TPSA) is 108 Å². The standard InChI is InChI=1S/C23H25N5O3S2/c1-6-13(2)16-7-9-18(10-8-16)27-14(3)11-17(15(27)4)12-19-20(24)28-22(25-21(19)29)32-26-23(28)33(5,30)31/h7-13,24H,6H2,1-5H3/b19-12-,24-20?. The van der Waals surface area contributed by atoms with Gasteiger partial charge in [0.2, 0.25) is 20.2 Å². The maximum absolute atomic E-state index is 12.7. The Labute approximate surface area is 197 Å². The number of sulfone groups is 1. The van der Waals surface area contributed by atoms with E-state index in [4.69, 9.17) is 5.41 Å². The molecule has 0 fully saturated rings. The summed E-state index contributed by atoms with van der Waals surface area (Å²) >= 11 is 0.780. The lowest BCUT2D eigenvalue weighted by atomic mass is 9.98. The number of aryl methyl sites for hydroxylation is 1. The monoisotopic (exact) mass is 483 g/mol. The fraction of sp³-hybridized carbons (Fsp3) is 0.304. The first-order valence-electron chi connectivity index (χ1n) is 10.5. The van der Waals surface area contributed by atoms with Gasteiger partial charge in [0, 0.05) is 23.3 Å². The molecule has 33 heavy (non-hydrogen) atoms. The number of benzene rings is 1. The Balaban J connectivity index is 1.73. The molecule has 10 heteroatoms. The molecule has 0 saturated carbocycles. The van der Waals surface area contributed by atoms with E-state index in [1.54, 1.807) is 6.08 Å². The summed E-state index contributed by atoms with van der Waals surface area (Å²) in [5.74, 6) is -0.350. The zero-order valence-corrected chi connectivity index (χ0v) is 20.7. The van der Waals surface area contributed by atoms with Gasteiger partial charge in [0.05, 0.1) is 17.5 Å². The lowest BCUT2D eigenvalue weighted by Gasteiger charge is -2.23. The Bertz CT molecular complexity index is 1370. The van der Waals surface area contributed by atoms with Crippen molar-refractivity contribution in [2.24, 2.45) is 9.39 Å². The number of fused-ring (bicyclic) bond motifs is 1. The van der Waals surface area contributed by atoms with Crippen LogP contribution in [0, 0.1) is 19.3 Å². The zero-order chi connectivity index (χ0) is 24.1. The maximum Gasteiger partial charge on any atom is 0.283 e. The van der Waals surface area contributed by atoms with Crippen molar-refractivity contribution in [1.29, 1.82) is 5.41 Å². The van der Waals surface area contributed by atoms with Gasteiger partial charge in [0.15, 0.2) is 0 Å². The molecule has 1 N–H and O–H groups in total. The molecule has 0 aliphatic carbocycles. The predicted octanol–water partition coefficient (Wildman–Crippen LogP) is 4.23. The van der Waals surface area contributed by atoms with E-state index in [2.05, 4.69) is 52.1 Å². The van der Waals surface area contributed by atoms with Gasteiger partial charge in [0.1, 0.15) is 5.84 Å². The van der Waals surface area contributed by atoms with E-state index >= 15 is 0 Å². The minimum Gasteiger partial charge on any atom is -0.318 e. The van der Waals surface area contributed by atoms with Crippen molar-refractivity contribution in [2.45, 2.75) is 40.0 Å². The highest BCUT2D eigenvalue weighted by Gasteiger charge is 2.41. The third kappa shape index (κ3) is 4.08. The second-order valence-corrected chi connectivity index (χ2v) is 10.9. The van der Waals surface area contributed by atoms with Crippen molar-refractivity contribution >= 4 is 49.9 Å². The highest BCUT2D eigenvalue weighted by atomic mass is 32.2. The second-order valence-electron chi connectivity index (χ2n) is 8.24. The van der Waals surface area contributed by atoms with Crippen molar-refractivity contribution in [3.63, 3.8) is 0 Å². The molecule has 172 valence electrons. The van der Waals surface area contributed by atoms with E-state index in [0.29, 0.717) is 5.92 Å². The Morgan fingerprint density at radius 1 is 1.21 bits per heavy atom. The van der Waals surface area contributed by atoms with Crippen LogP contribution < -0.4 is 0 Å². The minimum atomic E-state index is -3.69. The Morgan fingerprint density at radius 3 is 2.48 bits per heavy atom. The Kier molecular flexibility index (Phi) is 5.92. The first kappa shape index (κ1) is 23.2. The molecule has 0 spiro atoms. The fourth-order valence-electron chi connectivity index (χ4n) is 3.91. The molecule has 1 unspecified atom stereocenters. The molecule has 1 aromatic carbocycles. The number of carbonyl (C=O) groups excluding carboxylic acids is 1. The molecule has 8 nitrogen and oxygen atoms in total. The van der Waals surface area contributed by atoms with Crippen LogP contribution in [0.25, 0.3) is 11.8 Å². The van der Waals surface area contributed by atoms with Gasteiger partial charge in [0.25, 0.3) is 5.91 Å². The highest BCUT2D eigenvalue weighted by molar-refractivity contribution is 8.16. The van der Waals surface area contributed by atoms with Crippen molar-refractivity contribution in [3.05, 3.63) is 58.4 Å². The van der Waals surface area contributed by atoms with Crippen LogP contribution >= 0.6 is 11.9 Å². The summed E-state index contributed by atoms with van der Waals surface area (Å²) in [6.07, 6.45) is 3.69. The van der Waals surface area contributed by atoms with E-state index in [1.807, 2.05) is 19.9 Å². The molecular formula is C23H25N5O3S2. The number of aliphatic imine (C=N–C) groups is 1. The van der Waals surface area contributed by atoms with Crippen LogP contribution in [0.15, 0.2) is 45.3 Å². The summed E-state index contributed by atoms with van der Waals surface area (Å²) in [6.45, 7) is 8.30. The van der Waals surface area contributed by atoms with Crippen LogP contribution in [0.1, 0.15) is 48.7 Å². The van der Waals surface area contributed by atoms with Crippen molar-refractivity contribution < 1.29 is 13.2 Å². The Hall–Kier alpha value is -2.98. The number of rotatable bonds is 4. The van der Waals surface area contributed by atoms with Gasteiger partial charge >= 0.3 is 0 Å². The van der Waals surface area contributed by atoms with Crippen molar-refractivity contribution in [3.8, 4) is 5.69 Å². The summed E-state index contributed by atoms with van der Waals surface area (Å²) in [4.78, 5) is 17.7. The molecule has 0 saturated heterocycles. The molecule has 0 bridgehead atoms. The third-order valence-corrected chi connectivity index (χ3v) is 7.68. The van der Waals surface area contributed by atoms with E-state index in [9.17, 15) is 13.2 Å². The number of aromatic nitrogens is 1. The van der Waals surface area contributed by atoms with Crippen LogP contribution in [0.5, 0.6) is 0 Å². The van der Waals surface area contributed by atoms with Gasteiger partial charge in [-0.3, -0.25) is 10.2 Å². The number of amidine groups is 3. The number of nitrogens with one attached hydrogen (secondary N) is 1. The normalized spacial score (nSPS) is 18.5. The largest absolute Gasteiger partial charge is 0.318 e. The number of carbonyl (C=O) groups is 1. The molecule has 2 aliphatic heterocycles. The van der Waals surface area contributed by atoms with Crippen molar-refractivity contribution in [2.75, 3.05) is 6.26 Å². The third-order valence-electron chi connectivity index (χ3n) is 5.93. The summed E-state index contributed by atoms with van der Waals surface area (Å²) in [5, 5.41) is 8.32. The smallest absolute Gasteiger partial charge is 0.283 e. The van der Waals surface area contributed by atoms with Crippen LogP contribution in [-0.2, 0) is 14.6 Å². The van der Waals surface area contributed by atoms with Gasteiger partial charge in [-0.2, -0.15) is 9.39 Å². The minimum absolute atomic E-state index is 0.0185. The fourth-order valence-corrected chi connectivity index (χ4v) is 5.76. The lowest BCUT2D eigenvalue weighted by Crippen LogP contribution is -2.45. The summed E-state index contributed by atoms with van der Waals surface area (Å²) in [7, 11) is -3.69.